The van der Waals surface area contributed by atoms with Gasteiger partial charge in [-0.2, -0.15) is 11.8 Å². The molecule has 0 aliphatic carbocycles. The molecule has 2 rings (SSSR count). The molecule has 0 saturated heterocycles. The van der Waals surface area contributed by atoms with Gasteiger partial charge in [-0.3, -0.25) is 0 Å². The molecule has 0 radical (unpaired) electrons. The van der Waals surface area contributed by atoms with Crippen molar-refractivity contribution >= 4 is 23.1 Å². The summed E-state index contributed by atoms with van der Waals surface area (Å²) < 4.78 is 12.8. The third-order valence-electron chi connectivity index (χ3n) is 2.41. The Morgan fingerprint density at radius 1 is 1.32 bits per heavy atom. The number of halogens is 1. The van der Waals surface area contributed by atoms with Gasteiger partial charge >= 0.3 is 0 Å². The third kappa shape index (κ3) is 4.28. The van der Waals surface area contributed by atoms with Gasteiger partial charge in [0.1, 0.15) is 10.8 Å². The lowest BCUT2D eigenvalue weighted by Crippen LogP contribution is -2.14. The molecule has 0 bridgehead atoms. The molecule has 6 heteroatoms. The number of rotatable bonds is 6. The van der Waals surface area contributed by atoms with Gasteiger partial charge in [0.25, 0.3) is 0 Å². The first kappa shape index (κ1) is 14.5. The Balaban J connectivity index is 1.93. The summed E-state index contributed by atoms with van der Waals surface area (Å²) in [5, 5.41) is 20.7. The van der Waals surface area contributed by atoms with E-state index in [1.807, 2.05) is 5.38 Å². The molecular weight excluding hydrogens is 285 g/mol. The number of nitrogens with zero attached hydrogens (tertiary/aromatic N) is 1. The first-order valence-corrected chi connectivity index (χ1v) is 7.79. The average molecular weight is 299 g/mol. The molecular formula is C13H14FNO2S2. The number of hydrogen-bond acceptors (Lipinski definition) is 5. The highest BCUT2D eigenvalue weighted by atomic mass is 32.2. The van der Waals surface area contributed by atoms with Gasteiger partial charge in [0, 0.05) is 22.4 Å². The molecule has 0 saturated carbocycles. The Morgan fingerprint density at radius 2 is 2.05 bits per heavy atom. The Bertz CT molecular complexity index is 516. The smallest absolute Gasteiger partial charge is 0.123 e. The minimum Gasteiger partial charge on any atom is -0.394 e. The fourth-order valence-electron chi connectivity index (χ4n) is 1.45. The molecule has 0 amide bonds. The summed E-state index contributed by atoms with van der Waals surface area (Å²) in [4.78, 5) is 4.46. The molecule has 0 spiro atoms. The normalized spacial score (nSPS) is 12.6. The van der Waals surface area contributed by atoms with Gasteiger partial charge in [0.2, 0.25) is 0 Å². The lowest BCUT2D eigenvalue weighted by atomic mass is 10.2. The first-order chi connectivity index (χ1) is 9.19. The van der Waals surface area contributed by atoms with Crippen LogP contribution in [0.1, 0.15) is 5.69 Å². The van der Waals surface area contributed by atoms with E-state index < -0.39 is 6.10 Å². The Morgan fingerprint density at radius 3 is 2.74 bits per heavy atom. The summed E-state index contributed by atoms with van der Waals surface area (Å²) in [5.41, 5.74) is 1.83. The van der Waals surface area contributed by atoms with Gasteiger partial charge in [0.05, 0.1) is 18.4 Å². The Labute approximate surface area is 119 Å². The number of aliphatic hydroxyl groups is 2. The Kier molecular flexibility index (Phi) is 5.33. The van der Waals surface area contributed by atoms with Crippen molar-refractivity contribution in [3.8, 4) is 10.6 Å². The Hall–Kier alpha value is -0.950. The molecule has 2 N–H and O–H groups in total. The monoisotopic (exact) mass is 299 g/mol. The van der Waals surface area contributed by atoms with Crippen LogP contribution >= 0.6 is 23.1 Å². The quantitative estimate of drug-likeness (QED) is 0.860. The second-order valence-electron chi connectivity index (χ2n) is 4.00. The second-order valence-corrected chi connectivity index (χ2v) is 5.89. The van der Waals surface area contributed by atoms with Crippen LogP contribution in [-0.4, -0.2) is 33.7 Å². The lowest BCUT2D eigenvalue weighted by molar-refractivity contribution is 0.113. The fourth-order valence-corrected chi connectivity index (χ4v) is 3.23. The number of aromatic nitrogens is 1. The van der Waals surface area contributed by atoms with Gasteiger partial charge in [-0.1, -0.05) is 0 Å². The number of hydrogen-bond donors (Lipinski definition) is 2. The summed E-state index contributed by atoms with van der Waals surface area (Å²) >= 11 is 3.04. The van der Waals surface area contributed by atoms with E-state index in [0.29, 0.717) is 11.5 Å². The van der Waals surface area contributed by atoms with Crippen LogP contribution in [0.4, 0.5) is 4.39 Å². The maximum absolute atomic E-state index is 12.8. The van der Waals surface area contributed by atoms with Crippen LogP contribution < -0.4 is 0 Å². The summed E-state index contributed by atoms with van der Waals surface area (Å²) in [6.45, 7) is -0.217. The zero-order chi connectivity index (χ0) is 13.7. The highest BCUT2D eigenvalue weighted by Crippen LogP contribution is 2.25. The molecule has 3 nitrogen and oxygen atoms in total. The van der Waals surface area contributed by atoms with Crippen LogP contribution in [0.25, 0.3) is 10.6 Å². The topological polar surface area (TPSA) is 53.4 Å². The number of thiazole rings is 1. The number of benzene rings is 1. The molecule has 1 aromatic carbocycles. The molecule has 0 unspecified atom stereocenters. The second kappa shape index (κ2) is 7.00. The van der Waals surface area contributed by atoms with Gasteiger partial charge in [-0.05, 0) is 24.3 Å². The molecule has 0 fully saturated rings. The third-order valence-corrected chi connectivity index (χ3v) is 4.47. The van der Waals surface area contributed by atoms with Crippen LogP contribution in [0.2, 0.25) is 0 Å². The molecule has 1 aromatic heterocycles. The largest absolute Gasteiger partial charge is 0.394 e. The molecule has 1 atom stereocenters. The van der Waals surface area contributed by atoms with Crippen LogP contribution in [-0.2, 0) is 5.75 Å². The van der Waals surface area contributed by atoms with Crippen molar-refractivity contribution < 1.29 is 14.6 Å². The van der Waals surface area contributed by atoms with Crippen molar-refractivity contribution in [2.24, 2.45) is 0 Å². The summed E-state index contributed by atoms with van der Waals surface area (Å²) in [6.07, 6.45) is -0.680. The van der Waals surface area contributed by atoms with E-state index in [0.717, 1.165) is 16.3 Å². The SMILES string of the molecule is OC[C@H](O)CSCc1csc(-c2ccc(F)cc2)n1. The maximum atomic E-state index is 12.8. The van der Waals surface area contributed by atoms with Gasteiger partial charge < -0.3 is 10.2 Å². The van der Waals surface area contributed by atoms with Crippen molar-refractivity contribution in [2.75, 3.05) is 12.4 Å². The summed E-state index contributed by atoms with van der Waals surface area (Å²) in [5.74, 6) is 0.920. The summed E-state index contributed by atoms with van der Waals surface area (Å²) in [7, 11) is 0. The van der Waals surface area contributed by atoms with Crippen LogP contribution in [0, 0.1) is 5.82 Å². The zero-order valence-electron chi connectivity index (χ0n) is 10.1. The van der Waals surface area contributed by atoms with Crippen molar-refractivity contribution in [1.82, 2.24) is 4.98 Å². The molecule has 2 aromatic rings. The van der Waals surface area contributed by atoms with Gasteiger partial charge in [0.15, 0.2) is 0 Å². The molecule has 102 valence electrons. The van der Waals surface area contributed by atoms with Crippen molar-refractivity contribution in [3.63, 3.8) is 0 Å². The minimum atomic E-state index is -0.680. The van der Waals surface area contributed by atoms with E-state index in [1.165, 1.54) is 35.2 Å². The number of thioether (sulfide) groups is 1. The van der Waals surface area contributed by atoms with E-state index >= 15 is 0 Å². The molecule has 0 aliphatic rings. The van der Waals surface area contributed by atoms with Crippen molar-refractivity contribution in [2.45, 2.75) is 11.9 Å². The maximum Gasteiger partial charge on any atom is 0.123 e. The molecule has 0 aliphatic heterocycles. The van der Waals surface area contributed by atoms with Crippen LogP contribution in [0.5, 0.6) is 0 Å². The fraction of sp³-hybridized carbons (Fsp3) is 0.308. The lowest BCUT2D eigenvalue weighted by Gasteiger charge is -2.04. The predicted octanol–water partition coefficient (Wildman–Crippen LogP) is 2.54. The molecule has 1 heterocycles. The van der Waals surface area contributed by atoms with Gasteiger partial charge in [-0.15, -0.1) is 11.3 Å². The number of aliphatic hydroxyl groups excluding tert-OH is 2. The zero-order valence-corrected chi connectivity index (χ0v) is 11.8. The van der Waals surface area contributed by atoms with Crippen molar-refractivity contribution in [3.05, 3.63) is 41.2 Å². The predicted molar refractivity (Wildman–Crippen MR) is 76.8 cm³/mol. The highest BCUT2D eigenvalue weighted by Gasteiger charge is 2.07. The minimum absolute atomic E-state index is 0.217. The summed E-state index contributed by atoms with van der Waals surface area (Å²) in [6, 6.07) is 6.26. The van der Waals surface area contributed by atoms with Crippen LogP contribution in [0.3, 0.4) is 0 Å². The first-order valence-electron chi connectivity index (χ1n) is 5.76. The van der Waals surface area contributed by atoms with E-state index in [9.17, 15) is 9.50 Å². The van der Waals surface area contributed by atoms with Gasteiger partial charge in [-0.25, -0.2) is 9.37 Å². The highest BCUT2D eigenvalue weighted by molar-refractivity contribution is 7.98. The van der Waals surface area contributed by atoms with E-state index in [-0.39, 0.29) is 12.4 Å². The van der Waals surface area contributed by atoms with E-state index in [4.69, 9.17) is 5.11 Å². The standard InChI is InChI=1S/C13H14FNO2S2/c14-10-3-1-9(2-4-10)13-15-11(7-19-13)6-18-8-12(17)5-16/h1-4,7,12,16-17H,5-6,8H2/t12-/m0/s1. The molecule has 19 heavy (non-hydrogen) atoms. The van der Waals surface area contributed by atoms with Crippen LogP contribution in [0.15, 0.2) is 29.6 Å². The average Bonchev–Trinajstić information content (AvgIpc) is 2.88. The van der Waals surface area contributed by atoms with E-state index in [2.05, 4.69) is 4.98 Å². The van der Waals surface area contributed by atoms with Crippen molar-refractivity contribution in [1.29, 1.82) is 0 Å². The van der Waals surface area contributed by atoms with E-state index in [1.54, 1.807) is 12.1 Å².